The zero-order chi connectivity index (χ0) is 40.1. The Morgan fingerprint density at radius 2 is 1.06 bits per heavy atom. The lowest BCUT2D eigenvalue weighted by molar-refractivity contribution is -0.138. The van der Waals surface area contributed by atoms with Gasteiger partial charge in [0.15, 0.2) is 0 Å². The van der Waals surface area contributed by atoms with E-state index in [0.29, 0.717) is 74.1 Å². The quantitative estimate of drug-likeness (QED) is 0.0564. The summed E-state index contributed by atoms with van der Waals surface area (Å²) in [4.78, 5) is 56.8. The van der Waals surface area contributed by atoms with Crippen LogP contribution in [-0.2, 0) is 47.7 Å². The number of carbonyl (C=O) groups is 5. The first-order valence-corrected chi connectivity index (χ1v) is 23.5. The van der Waals surface area contributed by atoms with Gasteiger partial charge in [-0.2, -0.15) is 11.8 Å². The van der Waals surface area contributed by atoms with E-state index in [0.717, 1.165) is 43.6 Å². The zero-order valence-corrected chi connectivity index (χ0v) is 37.8. The van der Waals surface area contributed by atoms with Crippen LogP contribution in [0, 0.1) is 29.6 Å². The molecule has 0 spiro atoms. The molecule has 0 heterocycles. The maximum Gasteiger partial charge on any atom is 0.315 e. The minimum atomic E-state index is -0.211. The van der Waals surface area contributed by atoms with E-state index in [9.17, 15) is 24.0 Å². The Hall–Kier alpha value is -0.900. The summed E-state index contributed by atoms with van der Waals surface area (Å²) in [6, 6.07) is 0. The molecule has 52 heavy (non-hydrogen) atoms. The number of ether oxygens (including phenoxy) is 5. The van der Waals surface area contributed by atoms with E-state index in [2.05, 4.69) is 39.4 Å². The summed E-state index contributed by atoms with van der Waals surface area (Å²) in [6.07, 6.45) is 5.18. The second-order valence-electron chi connectivity index (χ2n) is 12.8. The lowest BCUT2D eigenvalue weighted by atomic mass is 9.77. The fourth-order valence-electron chi connectivity index (χ4n) is 5.33. The zero-order valence-electron chi connectivity index (χ0n) is 33.7. The Labute approximate surface area is 336 Å². The largest absolute Gasteiger partial charge is 0.468 e. The van der Waals surface area contributed by atoms with Gasteiger partial charge in [0.1, 0.15) is 0 Å². The van der Waals surface area contributed by atoms with Gasteiger partial charge in [0.05, 0.1) is 64.3 Å². The SMILES string of the molecule is CC.COC(=O)CSC1CC(C(C)C)C(SCC(=O)OC)CC1C.COC(=O)CSCCC(CCC(SCC(=O)OC)C(C)C)CSCC(=O)OC. The van der Waals surface area contributed by atoms with Gasteiger partial charge in [0.2, 0.25) is 0 Å². The maximum absolute atomic E-state index is 11.4. The van der Waals surface area contributed by atoms with Crippen LogP contribution in [-0.4, -0.2) is 121 Å². The fraction of sp³-hybridized carbons (Fsp3) is 0.865. The molecule has 0 bridgehead atoms. The summed E-state index contributed by atoms with van der Waals surface area (Å²) in [5.74, 6) is 5.37. The van der Waals surface area contributed by atoms with Gasteiger partial charge in [-0.15, -0.1) is 47.0 Å². The first kappa shape index (κ1) is 53.2. The van der Waals surface area contributed by atoms with Crippen LogP contribution in [0.5, 0.6) is 0 Å². The number of hydrogen-bond donors (Lipinski definition) is 0. The van der Waals surface area contributed by atoms with Crippen LogP contribution < -0.4 is 0 Å². The Balaban J connectivity index is 0. The molecule has 0 aliphatic heterocycles. The molecule has 15 heteroatoms. The molecule has 0 saturated heterocycles. The summed E-state index contributed by atoms with van der Waals surface area (Å²) >= 11 is 8.25. The highest BCUT2D eigenvalue weighted by Crippen LogP contribution is 2.44. The van der Waals surface area contributed by atoms with Crippen LogP contribution in [0.4, 0.5) is 0 Å². The van der Waals surface area contributed by atoms with Crippen LogP contribution in [0.25, 0.3) is 0 Å². The summed E-state index contributed by atoms with van der Waals surface area (Å²) in [5, 5.41) is 1.36. The Morgan fingerprint density at radius 3 is 1.54 bits per heavy atom. The molecule has 1 saturated carbocycles. The maximum atomic E-state index is 11.4. The minimum absolute atomic E-state index is 0.151. The predicted octanol–water partition coefficient (Wildman–Crippen LogP) is 7.78. The average molecular weight is 833 g/mol. The average Bonchev–Trinajstić information content (AvgIpc) is 3.14. The third kappa shape index (κ3) is 26.0. The molecule has 0 radical (unpaired) electrons. The number of carbonyl (C=O) groups excluding carboxylic acids is 5. The fourth-order valence-corrected chi connectivity index (χ4v) is 11.3. The van der Waals surface area contributed by atoms with Crippen LogP contribution in [0.15, 0.2) is 0 Å². The van der Waals surface area contributed by atoms with Crippen molar-refractivity contribution < 1.29 is 47.7 Å². The van der Waals surface area contributed by atoms with Gasteiger partial charge in [0, 0.05) is 15.7 Å². The van der Waals surface area contributed by atoms with Crippen LogP contribution in [0.2, 0.25) is 0 Å². The molecule has 0 amide bonds. The molecule has 1 rings (SSSR count). The monoisotopic (exact) mass is 832 g/mol. The van der Waals surface area contributed by atoms with Crippen molar-refractivity contribution in [3.63, 3.8) is 0 Å². The third-order valence-corrected chi connectivity index (χ3v) is 15.1. The molecule has 1 aliphatic carbocycles. The van der Waals surface area contributed by atoms with Gasteiger partial charge < -0.3 is 23.7 Å². The molecule has 6 atom stereocenters. The Bertz CT molecular complexity index is 985. The molecule has 1 aliphatic rings. The van der Waals surface area contributed by atoms with E-state index in [1.807, 2.05) is 13.8 Å². The van der Waals surface area contributed by atoms with Crippen molar-refractivity contribution in [1.82, 2.24) is 0 Å². The number of hydrogen-bond acceptors (Lipinski definition) is 15. The van der Waals surface area contributed by atoms with Crippen LogP contribution in [0.3, 0.4) is 0 Å². The number of esters is 5. The van der Waals surface area contributed by atoms with Crippen molar-refractivity contribution in [2.75, 3.05) is 75.8 Å². The summed E-state index contributed by atoms with van der Waals surface area (Å²) in [6.45, 7) is 15.1. The minimum Gasteiger partial charge on any atom is -0.468 e. The van der Waals surface area contributed by atoms with Gasteiger partial charge in [0.25, 0.3) is 0 Å². The van der Waals surface area contributed by atoms with E-state index in [-0.39, 0.29) is 29.8 Å². The van der Waals surface area contributed by atoms with Crippen molar-refractivity contribution in [2.24, 2.45) is 29.6 Å². The first-order chi connectivity index (χ1) is 24.7. The molecule has 0 N–H and O–H groups in total. The van der Waals surface area contributed by atoms with Crippen LogP contribution >= 0.6 is 58.8 Å². The molecule has 10 nitrogen and oxygen atoms in total. The van der Waals surface area contributed by atoms with E-state index >= 15 is 0 Å². The summed E-state index contributed by atoms with van der Waals surface area (Å²) in [5.41, 5.74) is 0. The van der Waals surface area contributed by atoms with Gasteiger partial charge >= 0.3 is 29.8 Å². The highest BCUT2D eigenvalue weighted by molar-refractivity contribution is 8.01. The number of thioether (sulfide) groups is 5. The molecular weight excluding hydrogens is 765 g/mol. The van der Waals surface area contributed by atoms with Crippen molar-refractivity contribution >= 4 is 88.7 Å². The third-order valence-electron chi connectivity index (χ3n) is 8.53. The normalized spacial score (nSPS) is 19.2. The van der Waals surface area contributed by atoms with Gasteiger partial charge in [-0.05, 0) is 73.2 Å². The molecular formula is C37H68O10S5. The standard InChI is InChI=1S/C19H34O6S3.C16H28O4S2.C2H6/c1-14(2)16(28-13-19(22)25-5)7-6-15(10-27-12-18(21)24-4)8-9-26-11-17(20)23-3;1-10(2)12-7-13(21-8-15(17)19-4)11(3)6-14(12)22-9-16(18)20-5;1-2/h14-16H,6-13H2,1-5H3;10-14H,6-9H2,1-5H3;1-2H3. The summed E-state index contributed by atoms with van der Waals surface area (Å²) < 4.78 is 23.6. The van der Waals surface area contributed by atoms with Gasteiger partial charge in [-0.25, -0.2) is 0 Å². The van der Waals surface area contributed by atoms with E-state index in [1.54, 1.807) is 58.8 Å². The van der Waals surface area contributed by atoms with Gasteiger partial charge in [-0.1, -0.05) is 48.5 Å². The highest BCUT2D eigenvalue weighted by Gasteiger charge is 2.37. The molecule has 1 fully saturated rings. The van der Waals surface area contributed by atoms with Crippen LogP contribution in [0.1, 0.15) is 80.6 Å². The molecule has 0 aromatic heterocycles. The Kier molecular flexibility index (Phi) is 34.2. The predicted molar refractivity (Wildman–Crippen MR) is 224 cm³/mol. The smallest absolute Gasteiger partial charge is 0.315 e. The van der Waals surface area contributed by atoms with Crippen molar-refractivity contribution in [3.05, 3.63) is 0 Å². The van der Waals surface area contributed by atoms with Crippen molar-refractivity contribution in [1.29, 1.82) is 0 Å². The Morgan fingerprint density at radius 1 is 0.596 bits per heavy atom. The topological polar surface area (TPSA) is 132 Å². The lowest BCUT2D eigenvalue weighted by Gasteiger charge is -2.41. The van der Waals surface area contributed by atoms with E-state index < -0.39 is 0 Å². The second kappa shape index (κ2) is 33.4. The van der Waals surface area contributed by atoms with Gasteiger partial charge in [-0.3, -0.25) is 24.0 Å². The van der Waals surface area contributed by atoms with E-state index in [1.165, 1.54) is 35.5 Å². The molecule has 0 aromatic rings. The second-order valence-corrected chi connectivity index (χ2v) is 18.6. The van der Waals surface area contributed by atoms with E-state index in [4.69, 9.17) is 18.9 Å². The summed E-state index contributed by atoms with van der Waals surface area (Å²) in [7, 11) is 7.08. The number of rotatable bonds is 23. The lowest BCUT2D eigenvalue weighted by Crippen LogP contribution is -2.37. The highest BCUT2D eigenvalue weighted by atomic mass is 32.2. The molecule has 0 aromatic carbocycles. The van der Waals surface area contributed by atoms with Crippen molar-refractivity contribution in [3.8, 4) is 0 Å². The van der Waals surface area contributed by atoms with Crippen molar-refractivity contribution in [2.45, 2.75) is 96.3 Å². The molecule has 306 valence electrons. The first-order valence-electron chi connectivity index (χ1n) is 18.1. The molecule has 6 unspecified atom stereocenters. The number of methoxy groups -OCH3 is 5.